The lowest BCUT2D eigenvalue weighted by molar-refractivity contribution is 0.490. The molecule has 5 heteroatoms. The molecule has 1 fully saturated rings. The molecule has 1 aromatic rings. The topological polar surface area (TPSA) is 12.0 Å². The van der Waals surface area contributed by atoms with Gasteiger partial charge in [0.15, 0.2) is 0 Å². The van der Waals surface area contributed by atoms with Crippen molar-refractivity contribution in [2.75, 3.05) is 6.26 Å². The Hall–Kier alpha value is -0.130. The quantitative estimate of drug-likeness (QED) is 0.831. The standard InChI is InChI=1S/C13H16BrF2NS/c1-18-12-4-2-3-11(12)17-7-8-10(15)6-5-9(14)13(8)16/h5-6,11-12,17H,2-4,7H2,1H3. The van der Waals surface area contributed by atoms with Crippen molar-refractivity contribution in [2.45, 2.75) is 37.1 Å². The zero-order valence-corrected chi connectivity index (χ0v) is 12.6. The van der Waals surface area contributed by atoms with Gasteiger partial charge in [-0.25, -0.2) is 8.78 Å². The van der Waals surface area contributed by atoms with Crippen LogP contribution in [0, 0.1) is 11.6 Å². The van der Waals surface area contributed by atoms with Crippen LogP contribution in [0.3, 0.4) is 0 Å². The van der Waals surface area contributed by atoms with Crippen molar-refractivity contribution < 1.29 is 8.78 Å². The molecule has 18 heavy (non-hydrogen) atoms. The minimum Gasteiger partial charge on any atom is -0.309 e. The van der Waals surface area contributed by atoms with Crippen molar-refractivity contribution in [2.24, 2.45) is 0 Å². The SMILES string of the molecule is CSC1CCCC1NCc1c(F)ccc(Br)c1F. The van der Waals surface area contributed by atoms with Crippen molar-refractivity contribution in [3.63, 3.8) is 0 Å². The van der Waals surface area contributed by atoms with Gasteiger partial charge in [0, 0.05) is 23.4 Å². The van der Waals surface area contributed by atoms with E-state index in [0.29, 0.717) is 15.8 Å². The monoisotopic (exact) mass is 335 g/mol. The third-order valence-corrected chi connectivity index (χ3v) is 5.22. The minimum absolute atomic E-state index is 0.121. The highest BCUT2D eigenvalue weighted by Gasteiger charge is 2.26. The van der Waals surface area contributed by atoms with Gasteiger partial charge in [0.1, 0.15) is 11.6 Å². The van der Waals surface area contributed by atoms with Gasteiger partial charge in [0.2, 0.25) is 0 Å². The molecule has 2 unspecified atom stereocenters. The van der Waals surface area contributed by atoms with Crippen LogP contribution in [0.2, 0.25) is 0 Å². The van der Waals surface area contributed by atoms with Crippen molar-refractivity contribution >= 4 is 27.7 Å². The second kappa shape index (κ2) is 6.35. The van der Waals surface area contributed by atoms with Crippen LogP contribution in [0.25, 0.3) is 0 Å². The van der Waals surface area contributed by atoms with Gasteiger partial charge in [-0.05, 0) is 47.2 Å². The van der Waals surface area contributed by atoms with Gasteiger partial charge in [-0.3, -0.25) is 0 Å². The average Bonchev–Trinajstić information content (AvgIpc) is 2.81. The molecule has 0 aromatic heterocycles. The molecule has 0 aliphatic heterocycles. The first-order valence-electron chi connectivity index (χ1n) is 6.02. The Morgan fingerprint density at radius 1 is 1.39 bits per heavy atom. The molecule has 1 aliphatic carbocycles. The average molecular weight is 336 g/mol. The van der Waals surface area contributed by atoms with Crippen molar-refractivity contribution in [3.8, 4) is 0 Å². The molecule has 2 rings (SSSR count). The van der Waals surface area contributed by atoms with Crippen LogP contribution in [0.15, 0.2) is 16.6 Å². The lowest BCUT2D eigenvalue weighted by Crippen LogP contribution is -2.34. The zero-order valence-electron chi connectivity index (χ0n) is 10.2. The Balaban J connectivity index is 2.04. The van der Waals surface area contributed by atoms with E-state index in [1.54, 1.807) is 0 Å². The summed E-state index contributed by atoms with van der Waals surface area (Å²) in [7, 11) is 0. The highest BCUT2D eigenvalue weighted by atomic mass is 79.9. The van der Waals surface area contributed by atoms with E-state index >= 15 is 0 Å². The first-order valence-corrected chi connectivity index (χ1v) is 8.10. The fourth-order valence-corrected chi connectivity index (χ4v) is 3.74. The lowest BCUT2D eigenvalue weighted by atomic mass is 10.1. The van der Waals surface area contributed by atoms with Gasteiger partial charge in [-0.15, -0.1) is 0 Å². The van der Waals surface area contributed by atoms with E-state index in [-0.39, 0.29) is 12.1 Å². The van der Waals surface area contributed by atoms with Crippen LogP contribution in [-0.4, -0.2) is 17.5 Å². The molecule has 0 heterocycles. The smallest absolute Gasteiger partial charge is 0.144 e. The maximum atomic E-state index is 13.8. The number of nitrogens with one attached hydrogen (secondary N) is 1. The number of hydrogen-bond donors (Lipinski definition) is 1. The molecule has 0 radical (unpaired) electrons. The summed E-state index contributed by atoms with van der Waals surface area (Å²) in [6, 6.07) is 3.05. The zero-order chi connectivity index (χ0) is 13.1. The molecule has 0 amide bonds. The summed E-state index contributed by atoms with van der Waals surface area (Å²) >= 11 is 4.91. The largest absolute Gasteiger partial charge is 0.309 e. The number of rotatable bonds is 4. The Kier molecular flexibility index (Phi) is 5.04. The normalized spacial score (nSPS) is 23.6. The van der Waals surface area contributed by atoms with Crippen LogP contribution in [-0.2, 0) is 6.54 Å². The minimum atomic E-state index is -0.499. The maximum Gasteiger partial charge on any atom is 0.144 e. The molecule has 0 spiro atoms. The fraction of sp³-hybridized carbons (Fsp3) is 0.538. The Labute approximate surface area is 119 Å². The second-order valence-electron chi connectivity index (χ2n) is 4.51. The van der Waals surface area contributed by atoms with Crippen LogP contribution < -0.4 is 5.32 Å². The van der Waals surface area contributed by atoms with E-state index in [1.165, 1.54) is 25.0 Å². The van der Waals surface area contributed by atoms with Crippen LogP contribution in [0.1, 0.15) is 24.8 Å². The van der Waals surface area contributed by atoms with Crippen LogP contribution in [0.4, 0.5) is 8.78 Å². The van der Waals surface area contributed by atoms with Gasteiger partial charge >= 0.3 is 0 Å². The van der Waals surface area contributed by atoms with E-state index in [2.05, 4.69) is 27.5 Å². The van der Waals surface area contributed by atoms with Crippen molar-refractivity contribution in [3.05, 3.63) is 33.8 Å². The van der Waals surface area contributed by atoms with E-state index in [1.807, 2.05) is 11.8 Å². The first-order chi connectivity index (χ1) is 8.63. The van der Waals surface area contributed by atoms with Gasteiger partial charge in [-0.1, -0.05) is 6.42 Å². The summed E-state index contributed by atoms with van der Waals surface area (Å²) in [5.74, 6) is -0.983. The molecule has 1 N–H and O–H groups in total. The molecule has 0 bridgehead atoms. The lowest BCUT2D eigenvalue weighted by Gasteiger charge is -2.19. The van der Waals surface area contributed by atoms with E-state index < -0.39 is 11.6 Å². The van der Waals surface area contributed by atoms with Gasteiger partial charge < -0.3 is 5.32 Å². The number of thioether (sulfide) groups is 1. The molecule has 1 saturated carbocycles. The van der Waals surface area contributed by atoms with E-state index in [0.717, 1.165) is 6.42 Å². The summed E-state index contributed by atoms with van der Waals surface area (Å²) in [5.41, 5.74) is 0.121. The van der Waals surface area contributed by atoms with E-state index in [4.69, 9.17) is 0 Å². The number of halogens is 3. The summed E-state index contributed by atoms with van der Waals surface area (Å²) in [4.78, 5) is 0. The van der Waals surface area contributed by atoms with Gasteiger partial charge in [0.05, 0.1) is 4.47 Å². The highest BCUT2D eigenvalue weighted by Crippen LogP contribution is 2.29. The molecule has 2 atom stereocenters. The third kappa shape index (κ3) is 3.06. The molecule has 1 nitrogen and oxygen atoms in total. The Bertz CT molecular complexity index is 428. The van der Waals surface area contributed by atoms with Crippen molar-refractivity contribution in [1.29, 1.82) is 0 Å². The van der Waals surface area contributed by atoms with Gasteiger partial charge in [-0.2, -0.15) is 11.8 Å². The van der Waals surface area contributed by atoms with Crippen molar-refractivity contribution in [1.82, 2.24) is 5.32 Å². The van der Waals surface area contributed by atoms with Crippen LogP contribution >= 0.6 is 27.7 Å². The van der Waals surface area contributed by atoms with Crippen LogP contribution in [0.5, 0.6) is 0 Å². The molecular formula is C13H16BrF2NS. The first kappa shape index (κ1) is 14.3. The highest BCUT2D eigenvalue weighted by molar-refractivity contribution is 9.10. The Morgan fingerprint density at radius 3 is 2.89 bits per heavy atom. The number of hydrogen-bond acceptors (Lipinski definition) is 2. The summed E-state index contributed by atoms with van der Waals surface area (Å²) < 4.78 is 27.7. The molecule has 100 valence electrons. The predicted molar refractivity (Wildman–Crippen MR) is 75.8 cm³/mol. The Morgan fingerprint density at radius 2 is 2.17 bits per heavy atom. The summed E-state index contributed by atoms with van der Waals surface area (Å²) in [6.45, 7) is 0.249. The maximum absolute atomic E-state index is 13.8. The summed E-state index contributed by atoms with van der Waals surface area (Å²) in [6.07, 6.45) is 5.54. The predicted octanol–water partition coefficient (Wildman–Crippen LogP) is 4.10. The number of benzene rings is 1. The van der Waals surface area contributed by atoms with E-state index in [9.17, 15) is 8.78 Å². The molecule has 0 saturated heterocycles. The third-order valence-electron chi connectivity index (χ3n) is 3.44. The van der Waals surface area contributed by atoms with Gasteiger partial charge in [0.25, 0.3) is 0 Å². The summed E-state index contributed by atoms with van der Waals surface area (Å²) in [5, 5.41) is 3.84. The molecular weight excluding hydrogens is 320 g/mol. The fourth-order valence-electron chi connectivity index (χ4n) is 2.41. The molecule has 1 aliphatic rings. The second-order valence-corrected chi connectivity index (χ2v) is 6.45. The molecule has 1 aromatic carbocycles.